The Morgan fingerprint density at radius 2 is 0.395 bits per heavy atom. The minimum atomic E-state index is 0.917. The van der Waals surface area contributed by atoms with Crippen molar-refractivity contribution in [3.63, 3.8) is 0 Å². The summed E-state index contributed by atoms with van der Waals surface area (Å²) in [5.74, 6) is 3.67. The number of benzene rings is 6. The van der Waals surface area contributed by atoms with Gasteiger partial charge in [-0.3, -0.25) is 0 Å². The molecule has 180 valence electrons. The predicted molar refractivity (Wildman–Crippen MR) is 155 cm³/mol. The lowest BCUT2D eigenvalue weighted by Crippen LogP contribution is -1.84. The van der Waals surface area contributed by atoms with Crippen LogP contribution in [-0.4, -0.2) is 0 Å². The maximum Gasteiger partial charge on any atom is 0.135 e. The summed E-state index contributed by atoms with van der Waals surface area (Å²) in [4.78, 5) is 0. The molecule has 0 atom stereocenters. The second-order valence-electron chi connectivity index (χ2n) is 9.28. The Hall–Kier alpha value is -5.08. The van der Waals surface area contributed by atoms with Crippen LogP contribution in [0.15, 0.2) is 146 Å². The molecule has 0 saturated heterocycles. The molecule has 0 amide bonds. The van der Waals surface area contributed by atoms with Crippen LogP contribution >= 0.6 is 0 Å². The third-order valence-corrected chi connectivity index (χ3v) is 7.00. The van der Waals surface area contributed by atoms with Gasteiger partial charge < -0.3 is 9.47 Å². The Labute approximate surface area is 222 Å². The molecule has 2 heterocycles. The van der Waals surface area contributed by atoms with Crippen molar-refractivity contribution in [2.45, 2.75) is 0 Å². The second-order valence-corrected chi connectivity index (χ2v) is 9.28. The first-order valence-electron chi connectivity index (χ1n) is 12.8. The van der Waals surface area contributed by atoms with Crippen LogP contribution in [-0.2, 0) is 0 Å². The average Bonchev–Trinajstić information content (AvgIpc) is 3.22. The van der Waals surface area contributed by atoms with Crippen LogP contribution in [0.25, 0.3) is 44.5 Å². The molecule has 0 aromatic heterocycles. The van der Waals surface area contributed by atoms with Crippen molar-refractivity contribution in [2.24, 2.45) is 0 Å². The van der Waals surface area contributed by atoms with Gasteiger partial charge in [-0.25, -0.2) is 0 Å². The molecule has 0 radical (unpaired) electrons. The highest BCUT2D eigenvalue weighted by Crippen LogP contribution is 2.47. The minimum absolute atomic E-state index is 0.917. The largest absolute Gasteiger partial charge is 0.456 e. The van der Waals surface area contributed by atoms with Gasteiger partial charge in [-0.15, -0.1) is 0 Å². The molecule has 6 aromatic rings. The van der Waals surface area contributed by atoms with Gasteiger partial charge in [0.1, 0.15) is 23.0 Å². The van der Waals surface area contributed by atoms with E-state index in [-0.39, 0.29) is 0 Å². The molecule has 8 rings (SSSR count). The molecule has 0 N–H and O–H groups in total. The molecule has 2 nitrogen and oxygen atoms in total. The van der Waals surface area contributed by atoms with Gasteiger partial charge >= 0.3 is 0 Å². The van der Waals surface area contributed by atoms with Gasteiger partial charge in [0.25, 0.3) is 0 Å². The molecule has 2 aliphatic rings. The Balaban J connectivity index is 0.000000127. The van der Waals surface area contributed by atoms with E-state index in [4.69, 9.17) is 9.47 Å². The van der Waals surface area contributed by atoms with Crippen molar-refractivity contribution in [3.8, 4) is 67.5 Å². The van der Waals surface area contributed by atoms with Crippen molar-refractivity contribution in [1.29, 1.82) is 0 Å². The Morgan fingerprint density at radius 1 is 0.211 bits per heavy atom. The fourth-order valence-electron chi connectivity index (χ4n) is 5.26. The van der Waals surface area contributed by atoms with Crippen molar-refractivity contribution in [2.75, 3.05) is 0 Å². The van der Waals surface area contributed by atoms with Crippen molar-refractivity contribution in [1.82, 2.24) is 0 Å². The maximum atomic E-state index is 6.08. The number of para-hydroxylation sites is 4. The van der Waals surface area contributed by atoms with Crippen LogP contribution in [0.3, 0.4) is 0 Å². The van der Waals surface area contributed by atoms with Crippen LogP contribution < -0.4 is 9.47 Å². The van der Waals surface area contributed by atoms with Gasteiger partial charge in [0.05, 0.1) is 0 Å². The first-order valence-corrected chi connectivity index (χ1v) is 12.8. The Kier molecular flexibility index (Phi) is 5.49. The van der Waals surface area contributed by atoms with Crippen LogP contribution in [0.4, 0.5) is 0 Å². The summed E-state index contributed by atoms with van der Waals surface area (Å²) in [5, 5.41) is 0. The molecule has 0 bridgehead atoms. The molecular formula is C36H24O2. The van der Waals surface area contributed by atoms with Crippen LogP contribution in [0.2, 0.25) is 0 Å². The van der Waals surface area contributed by atoms with Crippen LogP contribution in [0, 0.1) is 0 Å². The van der Waals surface area contributed by atoms with Gasteiger partial charge in [-0.1, -0.05) is 121 Å². The first kappa shape index (κ1) is 22.1. The van der Waals surface area contributed by atoms with E-state index in [2.05, 4.69) is 97.1 Å². The zero-order valence-electron chi connectivity index (χ0n) is 20.7. The van der Waals surface area contributed by atoms with Crippen molar-refractivity contribution < 1.29 is 9.47 Å². The summed E-state index contributed by atoms with van der Waals surface area (Å²) in [7, 11) is 0. The number of fused-ring (bicyclic) bond motifs is 10. The summed E-state index contributed by atoms with van der Waals surface area (Å²) >= 11 is 0. The smallest absolute Gasteiger partial charge is 0.135 e. The summed E-state index contributed by atoms with van der Waals surface area (Å²) in [5.41, 5.74) is 9.49. The molecule has 0 spiro atoms. The summed E-state index contributed by atoms with van der Waals surface area (Å²) in [6.45, 7) is 0. The maximum absolute atomic E-state index is 6.08. The van der Waals surface area contributed by atoms with Gasteiger partial charge in [-0.05, 0) is 46.5 Å². The highest BCUT2D eigenvalue weighted by atomic mass is 16.5. The second kappa shape index (κ2) is 9.42. The molecular weight excluding hydrogens is 464 g/mol. The number of hydrogen-bond donors (Lipinski definition) is 0. The average molecular weight is 489 g/mol. The lowest BCUT2D eigenvalue weighted by Gasteiger charge is -2.07. The lowest BCUT2D eigenvalue weighted by atomic mass is 9.95. The fraction of sp³-hybridized carbons (Fsp3) is 0. The van der Waals surface area contributed by atoms with Crippen LogP contribution in [0.1, 0.15) is 0 Å². The topological polar surface area (TPSA) is 18.5 Å². The normalized spacial score (nSPS) is 11.6. The summed E-state index contributed by atoms with van der Waals surface area (Å²) in [6.07, 6.45) is 0. The Bertz CT molecular complexity index is 1520. The zero-order chi connectivity index (χ0) is 25.3. The minimum Gasteiger partial charge on any atom is -0.456 e. The molecule has 0 fully saturated rings. The fourth-order valence-corrected chi connectivity index (χ4v) is 5.26. The molecule has 2 aliphatic heterocycles. The lowest BCUT2D eigenvalue weighted by molar-refractivity contribution is 0.487. The van der Waals surface area contributed by atoms with E-state index in [0.717, 1.165) is 45.3 Å². The molecule has 0 saturated carbocycles. The number of rotatable bonds is 0. The van der Waals surface area contributed by atoms with E-state index in [1.807, 2.05) is 48.5 Å². The third-order valence-electron chi connectivity index (χ3n) is 7.00. The van der Waals surface area contributed by atoms with Gasteiger partial charge in [-0.2, -0.15) is 0 Å². The number of hydrogen-bond acceptors (Lipinski definition) is 2. The van der Waals surface area contributed by atoms with Gasteiger partial charge in [0.15, 0.2) is 0 Å². The molecule has 2 heteroatoms. The molecule has 0 aliphatic carbocycles. The predicted octanol–water partition coefficient (Wildman–Crippen LogP) is 10.3. The van der Waals surface area contributed by atoms with E-state index in [1.165, 1.54) is 22.3 Å². The monoisotopic (exact) mass is 488 g/mol. The van der Waals surface area contributed by atoms with E-state index in [1.54, 1.807) is 0 Å². The quantitative estimate of drug-likeness (QED) is 0.211. The Morgan fingerprint density at radius 3 is 0.632 bits per heavy atom. The van der Waals surface area contributed by atoms with Gasteiger partial charge in [0.2, 0.25) is 0 Å². The highest BCUT2D eigenvalue weighted by molar-refractivity contribution is 5.91. The zero-order valence-corrected chi connectivity index (χ0v) is 20.7. The molecule has 0 unspecified atom stereocenters. The highest BCUT2D eigenvalue weighted by Gasteiger charge is 2.20. The molecule has 38 heavy (non-hydrogen) atoms. The van der Waals surface area contributed by atoms with E-state index >= 15 is 0 Å². The first-order chi connectivity index (χ1) is 18.9. The van der Waals surface area contributed by atoms with Crippen molar-refractivity contribution in [3.05, 3.63) is 146 Å². The van der Waals surface area contributed by atoms with Gasteiger partial charge in [0, 0.05) is 22.3 Å². The van der Waals surface area contributed by atoms with E-state index in [9.17, 15) is 0 Å². The third kappa shape index (κ3) is 3.84. The molecule has 6 aromatic carbocycles. The summed E-state index contributed by atoms with van der Waals surface area (Å²) < 4.78 is 12.2. The SMILES string of the molecule is c1ccc2c(c1)Oc1ccccc1-c1ccccc1-2.c1ccc2c(c1)Oc1ccccc1-c1ccccc1-2. The number of ether oxygens (including phenoxy) is 2. The van der Waals surface area contributed by atoms with E-state index < -0.39 is 0 Å². The summed E-state index contributed by atoms with van der Waals surface area (Å²) in [6, 6.07) is 49.7. The standard InChI is InChI=1S/2C18H12O/c2*1-2-8-14-13(7-1)15-9-3-5-11-17(15)19-18-12-6-4-10-16(14)18/h2*1-12H. The van der Waals surface area contributed by atoms with Crippen molar-refractivity contribution >= 4 is 0 Å². The van der Waals surface area contributed by atoms with Crippen LogP contribution in [0.5, 0.6) is 23.0 Å². The van der Waals surface area contributed by atoms with E-state index in [0.29, 0.717) is 0 Å².